The molecule has 1 aromatic carbocycles. The van der Waals surface area contributed by atoms with Gasteiger partial charge in [0, 0.05) is 24.7 Å². The van der Waals surface area contributed by atoms with Crippen molar-refractivity contribution in [2.24, 2.45) is 5.92 Å². The van der Waals surface area contributed by atoms with Crippen molar-refractivity contribution in [3.8, 4) is 0 Å². The zero-order valence-electron chi connectivity index (χ0n) is 15.8. The molecule has 2 rings (SSSR count). The van der Waals surface area contributed by atoms with Gasteiger partial charge >= 0.3 is 5.97 Å². The van der Waals surface area contributed by atoms with E-state index in [1.54, 1.807) is 4.90 Å². The standard InChI is InChI=1S/C20H28N2O4/c1-4-14-7-9-17(10-8-14)22-12-15(11-19(22)24)20(25)26-13-18(23)21-16(5-2)6-3/h7-10,15-16H,4-6,11-13H2,1-3H3,(H,21,23)/t15-/m1/s1. The monoisotopic (exact) mass is 360 g/mol. The Balaban J connectivity index is 1.87. The molecule has 0 radical (unpaired) electrons. The van der Waals surface area contributed by atoms with Crippen LogP contribution in [0.2, 0.25) is 0 Å². The number of hydrogen-bond donors (Lipinski definition) is 1. The summed E-state index contributed by atoms with van der Waals surface area (Å²) in [4.78, 5) is 37.9. The minimum absolute atomic E-state index is 0.0934. The van der Waals surface area contributed by atoms with Gasteiger partial charge in [0.15, 0.2) is 6.61 Å². The van der Waals surface area contributed by atoms with Crippen molar-refractivity contribution in [2.75, 3.05) is 18.1 Å². The third kappa shape index (κ3) is 5.07. The van der Waals surface area contributed by atoms with E-state index in [4.69, 9.17) is 4.74 Å². The maximum atomic E-state index is 12.2. The Morgan fingerprint density at radius 1 is 1.19 bits per heavy atom. The van der Waals surface area contributed by atoms with Crippen LogP contribution < -0.4 is 10.2 Å². The highest BCUT2D eigenvalue weighted by Crippen LogP contribution is 2.26. The second-order valence-electron chi connectivity index (χ2n) is 6.61. The van der Waals surface area contributed by atoms with E-state index in [0.29, 0.717) is 0 Å². The number of amides is 2. The minimum Gasteiger partial charge on any atom is -0.455 e. The average molecular weight is 360 g/mol. The number of esters is 1. The van der Waals surface area contributed by atoms with Crippen LogP contribution in [0.5, 0.6) is 0 Å². The molecule has 1 N–H and O–H groups in total. The first-order valence-corrected chi connectivity index (χ1v) is 9.33. The molecular weight excluding hydrogens is 332 g/mol. The third-order valence-electron chi connectivity index (χ3n) is 4.81. The molecule has 1 aromatic rings. The van der Waals surface area contributed by atoms with Gasteiger partial charge in [0.05, 0.1) is 5.92 Å². The second kappa shape index (κ2) is 9.36. The van der Waals surface area contributed by atoms with Gasteiger partial charge in [-0.2, -0.15) is 0 Å². The van der Waals surface area contributed by atoms with Crippen LogP contribution in [-0.2, 0) is 25.5 Å². The molecule has 6 nitrogen and oxygen atoms in total. The maximum absolute atomic E-state index is 12.2. The summed E-state index contributed by atoms with van der Waals surface area (Å²) in [5, 5.41) is 2.82. The molecule has 1 heterocycles. The topological polar surface area (TPSA) is 75.7 Å². The van der Waals surface area contributed by atoms with Crippen molar-refractivity contribution in [2.45, 2.75) is 52.5 Å². The molecule has 0 spiro atoms. The molecule has 0 bridgehead atoms. The zero-order valence-corrected chi connectivity index (χ0v) is 15.8. The highest BCUT2D eigenvalue weighted by atomic mass is 16.5. The highest BCUT2D eigenvalue weighted by molar-refractivity contribution is 5.99. The van der Waals surface area contributed by atoms with E-state index in [1.165, 1.54) is 5.56 Å². The summed E-state index contributed by atoms with van der Waals surface area (Å²) in [5.41, 5.74) is 1.98. The lowest BCUT2D eigenvalue weighted by atomic mass is 10.1. The molecule has 1 aliphatic heterocycles. The Morgan fingerprint density at radius 3 is 2.42 bits per heavy atom. The zero-order chi connectivity index (χ0) is 19.1. The Morgan fingerprint density at radius 2 is 1.85 bits per heavy atom. The second-order valence-corrected chi connectivity index (χ2v) is 6.61. The minimum atomic E-state index is -0.533. The molecule has 0 unspecified atom stereocenters. The molecule has 26 heavy (non-hydrogen) atoms. The number of ether oxygens (including phenoxy) is 1. The fraction of sp³-hybridized carbons (Fsp3) is 0.550. The van der Waals surface area contributed by atoms with Crippen LogP contribution >= 0.6 is 0 Å². The smallest absolute Gasteiger partial charge is 0.311 e. The number of carbonyl (C=O) groups is 3. The number of aryl methyl sites for hydroxylation is 1. The summed E-state index contributed by atoms with van der Waals surface area (Å²) in [7, 11) is 0. The maximum Gasteiger partial charge on any atom is 0.311 e. The summed E-state index contributed by atoms with van der Waals surface area (Å²) in [6, 6.07) is 7.85. The molecule has 1 aliphatic rings. The van der Waals surface area contributed by atoms with Crippen LogP contribution in [0.4, 0.5) is 5.69 Å². The van der Waals surface area contributed by atoms with Gasteiger partial charge in [-0.25, -0.2) is 0 Å². The van der Waals surface area contributed by atoms with E-state index >= 15 is 0 Å². The Bertz CT molecular complexity index is 638. The van der Waals surface area contributed by atoms with Crippen molar-refractivity contribution in [3.05, 3.63) is 29.8 Å². The summed E-state index contributed by atoms with van der Waals surface area (Å²) in [6.07, 6.45) is 2.71. The van der Waals surface area contributed by atoms with Gasteiger partial charge in [-0.05, 0) is 37.0 Å². The number of carbonyl (C=O) groups excluding carboxylic acids is 3. The molecule has 1 fully saturated rings. The first-order chi connectivity index (χ1) is 12.5. The van der Waals surface area contributed by atoms with E-state index < -0.39 is 11.9 Å². The number of nitrogens with zero attached hydrogens (tertiary/aromatic N) is 1. The van der Waals surface area contributed by atoms with Crippen LogP contribution in [0.15, 0.2) is 24.3 Å². The van der Waals surface area contributed by atoms with Crippen molar-refractivity contribution < 1.29 is 19.1 Å². The fourth-order valence-corrected chi connectivity index (χ4v) is 3.04. The summed E-state index contributed by atoms with van der Waals surface area (Å²) in [6.45, 7) is 6.04. The van der Waals surface area contributed by atoms with Crippen LogP contribution in [0.3, 0.4) is 0 Å². The molecule has 1 atom stereocenters. The lowest BCUT2D eigenvalue weighted by Crippen LogP contribution is -2.37. The van der Waals surface area contributed by atoms with Gasteiger partial charge < -0.3 is 15.0 Å². The summed E-state index contributed by atoms with van der Waals surface area (Å²) < 4.78 is 5.12. The lowest BCUT2D eigenvalue weighted by molar-refractivity contribution is -0.152. The van der Waals surface area contributed by atoms with Gasteiger partial charge in [-0.3, -0.25) is 14.4 Å². The van der Waals surface area contributed by atoms with E-state index in [1.807, 2.05) is 38.1 Å². The van der Waals surface area contributed by atoms with Crippen LogP contribution in [-0.4, -0.2) is 37.0 Å². The van der Waals surface area contributed by atoms with Crippen molar-refractivity contribution in [1.82, 2.24) is 5.32 Å². The lowest BCUT2D eigenvalue weighted by Gasteiger charge is -2.17. The van der Waals surface area contributed by atoms with Crippen molar-refractivity contribution >= 4 is 23.5 Å². The molecule has 6 heteroatoms. The number of benzene rings is 1. The van der Waals surface area contributed by atoms with E-state index in [-0.39, 0.29) is 37.4 Å². The number of nitrogens with one attached hydrogen (secondary N) is 1. The third-order valence-corrected chi connectivity index (χ3v) is 4.81. The predicted octanol–water partition coefficient (Wildman–Crippen LogP) is 2.45. The number of hydrogen-bond acceptors (Lipinski definition) is 4. The van der Waals surface area contributed by atoms with Crippen LogP contribution in [0.25, 0.3) is 0 Å². The first kappa shape index (κ1) is 19.9. The number of rotatable bonds is 8. The van der Waals surface area contributed by atoms with Gasteiger partial charge in [0.25, 0.3) is 5.91 Å². The van der Waals surface area contributed by atoms with Gasteiger partial charge in [0.1, 0.15) is 0 Å². The Hall–Kier alpha value is -2.37. The molecule has 2 amide bonds. The molecule has 0 saturated carbocycles. The highest BCUT2D eigenvalue weighted by Gasteiger charge is 2.36. The molecular formula is C20H28N2O4. The van der Waals surface area contributed by atoms with Gasteiger partial charge in [-0.15, -0.1) is 0 Å². The summed E-state index contributed by atoms with van der Waals surface area (Å²) >= 11 is 0. The molecule has 0 aromatic heterocycles. The van der Waals surface area contributed by atoms with E-state index in [2.05, 4.69) is 12.2 Å². The molecule has 1 saturated heterocycles. The average Bonchev–Trinajstić information content (AvgIpc) is 3.06. The van der Waals surface area contributed by atoms with E-state index in [0.717, 1.165) is 24.9 Å². The SMILES string of the molecule is CCc1ccc(N2C[C@H](C(=O)OCC(=O)NC(CC)CC)CC2=O)cc1. The Labute approximate surface area is 154 Å². The van der Waals surface area contributed by atoms with Gasteiger partial charge in [-0.1, -0.05) is 32.9 Å². The Kier molecular flexibility index (Phi) is 7.18. The van der Waals surface area contributed by atoms with Crippen LogP contribution in [0.1, 0.15) is 45.6 Å². The van der Waals surface area contributed by atoms with Gasteiger partial charge in [0.2, 0.25) is 5.91 Å². The predicted molar refractivity (Wildman–Crippen MR) is 99.8 cm³/mol. The van der Waals surface area contributed by atoms with Crippen molar-refractivity contribution in [1.29, 1.82) is 0 Å². The molecule has 142 valence electrons. The van der Waals surface area contributed by atoms with Crippen molar-refractivity contribution in [3.63, 3.8) is 0 Å². The van der Waals surface area contributed by atoms with Crippen LogP contribution in [0, 0.1) is 5.92 Å². The largest absolute Gasteiger partial charge is 0.455 e. The molecule has 0 aliphatic carbocycles. The normalized spacial score (nSPS) is 16.8. The number of anilines is 1. The fourth-order valence-electron chi connectivity index (χ4n) is 3.04. The van der Waals surface area contributed by atoms with E-state index in [9.17, 15) is 14.4 Å². The first-order valence-electron chi connectivity index (χ1n) is 9.33. The summed E-state index contributed by atoms with van der Waals surface area (Å²) in [5.74, 6) is -1.43. The quantitative estimate of drug-likeness (QED) is 0.723.